The summed E-state index contributed by atoms with van der Waals surface area (Å²) in [5, 5.41) is 45.6. The van der Waals surface area contributed by atoms with Gasteiger partial charge in [-0.1, -0.05) is 77.0 Å². The number of hydrogen-bond donors (Lipinski definition) is 4. The summed E-state index contributed by atoms with van der Waals surface area (Å²) in [4.78, 5) is 52.5. The Labute approximate surface area is 357 Å². The zero-order valence-corrected chi connectivity index (χ0v) is 36.4. The van der Waals surface area contributed by atoms with Gasteiger partial charge in [0.1, 0.15) is 12.2 Å². The molecule has 0 aliphatic carbocycles. The van der Waals surface area contributed by atoms with Crippen LogP contribution >= 0.6 is 0 Å². The molecule has 5 rings (SSSR count). The van der Waals surface area contributed by atoms with Gasteiger partial charge in [-0.05, 0) is 26.2 Å². The minimum Gasteiger partial charge on any atom is -0.466 e. The number of aliphatic hydroxyl groups excluding tert-OH is 3. The molecule has 12 atom stereocenters. The molecule has 5 heterocycles. The van der Waals surface area contributed by atoms with Gasteiger partial charge in [-0.15, -0.1) is 0 Å². The lowest BCUT2D eigenvalue weighted by Gasteiger charge is -2.54. The van der Waals surface area contributed by atoms with E-state index in [-0.39, 0.29) is 44.1 Å². The first-order chi connectivity index (χ1) is 28.7. The maximum atomic E-state index is 13.5. The van der Waals surface area contributed by atoms with Gasteiger partial charge in [0, 0.05) is 67.4 Å². The molecule has 0 unspecified atom stereocenters. The maximum Gasteiger partial charge on any atom is 0.331 e. The predicted molar refractivity (Wildman–Crippen MR) is 217 cm³/mol. The van der Waals surface area contributed by atoms with Crippen molar-refractivity contribution >= 4 is 23.9 Å². The normalized spacial score (nSPS) is 38.5. The number of fused-ring (bicyclic) bond motifs is 8. The number of aliphatic hydroxyl groups is 4. The molecule has 0 aromatic carbocycles. The highest BCUT2D eigenvalue weighted by Gasteiger charge is 2.64. The Balaban J connectivity index is 1.63. The minimum absolute atomic E-state index is 0.0516. The number of esters is 4. The maximum absolute atomic E-state index is 13.5. The van der Waals surface area contributed by atoms with Gasteiger partial charge in [-0.25, -0.2) is 14.4 Å². The van der Waals surface area contributed by atoms with Crippen molar-refractivity contribution in [1.82, 2.24) is 0 Å². The van der Waals surface area contributed by atoms with Crippen molar-refractivity contribution in [2.45, 2.75) is 172 Å². The number of carbonyl (C=O) groups excluding carboxylic acids is 4. The molecule has 0 aromatic rings. The monoisotopic (exact) mass is 860 g/mol. The van der Waals surface area contributed by atoms with Gasteiger partial charge in [-0.3, -0.25) is 4.79 Å². The molecule has 0 aromatic heterocycles. The molecule has 5 aliphatic heterocycles. The van der Waals surface area contributed by atoms with Crippen molar-refractivity contribution in [2.24, 2.45) is 10.8 Å². The largest absolute Gasteiger partial charge is 0.466 e. The highest BCUT2D eigenvalue weighted by molar-refractivity contribution is 5.87. The average Bonchev–Trinajstić information content (AvgIpc) is 3.57. The summed E-state index contributed by atoms with van der Waals surface area (Å²) >= 11 is 0. The van der Waals surface area contributed by atoms with Gasteiger partial charge in [0.2, 0.25) is 5.79 Å². The van der Waals surface area contributed by atoms with E-state index in [1.54, 1.807) is 45.9 Å². The van der Waals surface area contributed by atoms with Gasteiger partial charge in [-0.2, -0.15) is 0 Å². The topological polar surface area (TPSA) is 223 Å². The summed E-state index contributed by atoms with van der Waals surface area (Å²) < 4.78 is 48.5. The fourth-order valence-electron chi connectivity index (χ4n) is 8.82. The Morgan fingerprint density at radius 1 is 0.967 bits per heavy atom. The summed E-state index contributed by atoms with van der Waals surface area (Å²) in [6.07, 6.45) is 2.73. The smallest absolute Gasteiger partial charge is 0.331 e. The quantitative estimate of drug-likeness (QED) is 0.0898. The third kappa shape index (κ3) is 10.9. The van der Waals surface area contributed by atoms with E-state index in [9.17, 15) is 39.6 Å². The molecule has 4 N–H and O–H groups in total. The van der Waals surface area contributed by atoms with E-state index >= 15 is 0 Å². The molecule has 6 bridgehead atoms. The second kappa shape index (κ2) is 19.8. The van der Waals surface area contributed by atoms with Gasteiger partial charge in [0.05, 0.1) is 50.2 Å². The van der Waals surface area contributed by atoms with Crippen LogP contribution in [-0.4, -0.2) is 131 Å². The van der Waals surface area contributed by atoms with E-state index in [2.05, 4.69) is 0 Å². The first kappa shape index (κ1) is 48.3. The van der Waals surface area contributed by atoms with Crippen LogP contribution in [0.3, 0.4) is 0 Å². The molecule has 16 nitrogen and oxygen atoms in total. The van der Waals surface area contributed by atoms with Crippen LogP contribution < -0.4 is 0 Å². The van der Waals surface area contributed by atoms with Crippen LogP contribution in [-0.2, 0) is 57.1 Å². The fraction of sp³-hybridized carbons (Fsp3) is 0.689. The molecule has 5 aliphatic rings. The molecule has 0 spiro atoms. The van der Waals surface area contributed by atoms with Crippen molar-refractivity contribution in [3.05, 3.63) is 59.8 Å². The van der Waals surface area contributed by atoms with Crippen LogP contribution in [0.25, 0.3) is 0 Å². The first-order valence-electron chi connectivity index (χ1n) is 21.1. The molecular weight excluding hydrogens is 796 g/mol. The van der Waals surface area contributed by atoms with E-state index < -0.39 is 114 Å². The van der Waals surface area contributed by atoms with Crippen LogP contribution in [0.5, 0.6) is 0 Å². The van der Waals surface area contributed by atoms with Crippen LogP contribution in [0.4, 0.5) is 0 Å². The Hall–Kier alpha value is -3.74. The van der Waals surface area contributed by atoms with Gasteiger partial charge in [0.25, 0.3) is 0 Å². The average molecular weight is 861 g/mol. The highest BCUT2D eigenvalue weighted by Crippen LogP contribution is 2.52. The third-order valence-corrected chi connectivity index (χ3v) is 12.5. The van der Waals surface area contributed by atoms with Crippen LogP contribution in [0.2, 0.25) is 0 Å². The summed E-state index contributed by atoms with van der Waals surface area (Å²) in [5.41, 5.74) is -1.60. The van der Waals surface area contributed by atoms with Crippen LogP contribution in [0.15, 0.2) is 59.8 Å². The van der Waals surface area contributed by atoms with Gasteiger partial charge >= 0.3 is 23.9 Å². The zero-order valence-electron chi connectivity index (χ0n) is 36.4. The molecule has 3 fully saturated rings. The highest BCUT2D eigenvalue weighted by atomic mass is 16.7. The number of hydrogen-bond acceptors (Lipinski definition) is 16. The number of unbranched alkanes of at least 4 members (excludes halogenated alkanes) is 1. The predicted octanol–water partition coefficient (Wildman–Crippen LogP) is 3.73. The Kier molecular flexibility index (Phi) is 15.6. The van der Waals surface area contributed by atoms with Crippen molar-refractivity contribution in [3.8, 4) is 0 Å². The number of methoxy groups -OCH3 is 2. The van der Waals surface area contributed by atoms with Crippen molar-refractivity contribution in [3.63, 3.8) is 0 Å². The van der Waals surface area contributed by atoms with Crippen molar-refractivity contribution in [2.75, 3.05) is 14.2 Å². The molecule has 16 heteroatoms. The van der Waals surface area contributed by atoms with E-state index in [0.717, 1.165) is 12.8 Å². The van der Waals surface area contributed by atoms with Gasteiger partial charge in [0.15, 0.2) is 18.0 Å². The van der Waals surface area contributed by atoms with E-state index in [1.165, 1.54) is 45.4 Å². The molecule has 0 amide bonds. The van der Waals surface area contributed by atoms with Crippen LogP contribution in [0.1, 0.15) is 99.3 Å². The first-order valence-corrected chi connectivity index (χ1v) is 21.1. The fourth-order valence-corrected chi connectivity index (χ4v) is 8.82. The summed E-state index contributed by atoms with van der Waals surface area (Å²) in [6, 6.07) is 0. The number of rotatable bonds is 8. The second-order valence-electron chi connectivity index (χ2n) is 17.8. The van der Waals surface area contributed by atoms with E-state index in [4.69, 9.17) is 37.9 Å². The molecule has 3 saturated heterocycles. The second-order valence-corrected chi connectivity index (χ2v) is 17.8. The lowest BCUT2D eigenvalue weighted by atomic mass is 9.70. The standard InChI is InChI=1S/C45H64O16/c1-9-10-11-12-13-14-36(49)59-41-32-23-39(52)58-40(32)34-24-33(26(2)46)57-38(51)21-28(47)20-30-22-35(48)43(5,6)44(53,60-30)25-31-18-27(19-37(50)54-7)17-29(56-31)15-16-42(3,4)45(41,55-8)61-34/h11-16,19,23,26,28-31,33-35,40-41,46-48,53H,9-10,17-18,20-22,24-25H2,1-8H3/b12-11+,14-13+,16-15+,27-19+/t26-,28-,29+,30-,31+,33-,34-,35+,40+,41+,44+,45-/m1/s1. The molecule has 0 saturated carbocycles. The van der Waals surface area contributed by atoms with Gasteiger partial charge < -0.3 is 58.3 Å². The Morgan fingerprint density at radius 2 is 1.70 bits per heavy atom. The number of ether oxygens (including phenoxy) is 8. The SMILES string of the molecule is CCC/C=C/C=C/C(=O)O[C@H]1C2=CC(=O)O[C@@H]2[C@H]2C[C@H]([C@@H](C)O)OC(=O)C[C@H](O)C[C@@H]3C[C@H](O)C(C)(C)[C@](O)(C[C@@H]4C/C(=C/C(=O)OC)C[C@H](/C=C/C(C)(C)[C@]1(OC)O2)O4)O3. The number of cyclic esters (lactones) is 1. The Bertz CT molecular complexity index is 1760. The summed E-state index contributed by atoms with van der Waals surface area (Å²) in [5.74, 6) is -6.85. The summed E-state index contributed by atoms with van der Waals surface area (Å²) in [7, 11) is 2.63. The molecular formula is C45H64O16. The van der Waals surface area contributed by atoms with Crippen LogP contribution in [0, 0.1) is 10.8 Å². The van der Waals surface area contributed by atoms with E-state index in [0.29, 0.717) is 5.57 Å². The third-order valence-electron chi connectivity index (χ3n) is 12.5. The lowest BCUT2D eigenvalue weighted by Crippen LogP contribution is -2.66. The van der Waals surface area contributed by atoms with Crippen molar-refractivity contribution < 1.29 is 77.5 Å². The Morgan fingerprint density at radius 3 is 2.38 bits per heavy atom. The molecule has 340 valence electrons. The number of carbonyl (C=O) groups is 4. The minimum atomic E-state index is -1.99. The molecule has 0 radical (unpaired) electrons. The van der Waals surface area contributed by atoms with Crippen molar-refractivity contribution in [1.29, 1.82) is 0 Å². The lowest BCUT2D eigenvalue weighted by molar-refractivity contribution is -0.349. The zero-order chi connectivity index (χ0) is 44.9. The molecule has 61 heavy (non-hydrogen) atoms. The van der Waals surface area contributed by atoms with E-state index in [1.807, 2.05) is 13.0 Å². The number of allylic oxidation sites excluding steroid dienone is 3. The summed E-state index contributed by atoms with van der Waals surface area (Å²) in [6.45, 7) is 10.3.